The Hall–Kier alpha value is -1.20. The van der Waals surface area contributed by atoms with E-state index in [-0.39, 0.29) is 6.61 Å². The molecule has 2 rings (SSSR count). The first-order chi connectivity index (χ1) is 7.78. The average molecular weight is 282 g/mol. The monoisotopic (exact) mass is 281 g/mol. The molecular formula is C11H12BrN3O. The first-order valence-corrected chi connectivity index (χ1v) is 5.81. The number of aliphatic hydroxyl groups is 1. The summed E-state index contributed by atoms with van der Waals surface area (Å²) in [6, 6.07) is 8.20. The number of benzene rings is 1. The van der Waals surface area contributed by atoms with Crippen molar-refractivity contribution in [2.24, 2.45) is 0 Å². The van der Waals surface area contributed by atoms with E-state index >= 15 is 0 Å². The summed E-state index contributed by atoms with van der Waals surface area (Å²) in [4.78, 5) is 0. The summed E-state index contributed by atoms with van der Waals surface area (Å²) in [5.74, 6) is 0. The number of rotatable bonds is 4. The molecule has 0 aliphatic carbocycles. The third kappa shape index (κ3) is 2.90. The molecular weight excluding hydrogens is 270 g/mol. The molecule has 0 amide bonds. The van der Waals surface area contributed by atoms with Gasteiger partial charge in [0, 0.05) is 11.0 Å². The molecule has 0 fully saturated rings. The summed E-state index contributed by atoms with van der Waals surface area (Å²) in [5, 5.41) is 16.6. The van der Waals surface area contributed by atoms with E-state index in [0.29, 0.717) is 5.69 Å². The van der Waals surface area contributed by atoms with Crippen LogP contribution in [0.2, 0.25) is 0 Å². The SMILES string of the molecule is OCc1cn(CCc2ccc(Br)cc2)nn1. The topological polar surface area (TPSA) is 50.9 Å². The Balaban J connectivity index is 1.94. The molecule has 16 heavy (non-hydrogen) atoms. The fourth-order valence-electron chi connectivity index (χ4n) is 1.41. The lowest BCUT2D eigenvalue weighted by Gasteiger charge is -2.01. The van der Waals surface area contributed by atoms with Gasteiger partial charge in [0.25, 0.3) is 0 Å². The molecule has 4 nitrogen and oxygen atoms in total. The molecule has 0 unspecified atom stereocenters. The highest BCUT2D eigenvalue weighted by molar-refractivity contribution is 9.10. The zero-order chi connectivity index (χ0) is 11.4. The third-order valence-electron chi connectivity index (χ3n) is 2.29. The normalized spacial score (nSPS) is 10.6. The fourth-order valence-corrected chi connectivity index (χ4v) is 1.68. The van der Waals surface area contributed by atoms with Crippen LogP contribution in [0.25, 0.3) is 0 Å². The number of aromatic nitrogens is 3. The van der Waals surface area contributed by atoms with Crippen molar-refractivity contribution in [3.05, 3.63) is 46.2 Å². The Morgan fingerprint density at radius 1 is 1.25 bits per heavy atom. The van der Waals surface area contributed by atoms with Crippen LogP contribution in [0.5, 0.6) is 0 Å². The molecule has 1 heterocycles. The van der Waals surface area contributed by atoms with E-state index < -0.39 is 0 Å². The summed E-state index contributed by atoms with van der Waals surface area (Å²) in [6.07, 6.45) is 2.67. The number of halogens is 1. The Morgan fingerprint density at radius 3 is 2.62 bits per heavy atom. The molecule has 1 aromatic heterocycles. The first-order valence-electron chi connectivity index (χ1n) is 5.02. The van der Waals surface area contributed by atoms with Crippen LogP contribution < -0.4 is 0 Å². The molecule has 2 aromatic rings. The van der Waals surface area contributed by atoms with Gasteiger partial charge in [-0.15, -0.1) is 5.10 Å². The second-order valence-corrected chi connectivity index (χ2v) is 4.42. The molecule has 0 atom stereocenters. The highest BCUT2D eigenvalue weighted by atomic mass is 79.9. The molecule has 0 saturated carbocycles. The molecule has 0 spiro atoms. The Bertz CT molecular complexity index is 453. The maximum atomic E-state index is 8.85. The summed E-state index contributed by atoms with van der Waals surface area (Å²) < 4.78 is 2.83. The third-order valence-corrected chi connectivity index (χ3v) is 2.82. The Morgan fingerprint density at radius 2 is 2.00 bits per heavy atom. The molecule has 0 bridgehead atoms. The van der Waals surface area contributed by atoms with E-state index in [0.717, 1.165) is 17.4 Å². The maximum absolute atomic E-state index is 8.85. The number of hydrogen-bond acceptors (Lipinski definition) is 3. The van der Waals surface area contributed by atoms with Crippen LogP contribution in [0.3, 0.4) is 0 Å². The predicted molar refractivity (Wildman–Crippen MR) is 63.8 cm³/mol. The van der Waals surface area contributed by atoms with Crippen LogP contribution in [-0.2, 0) is 19.6 Å². The highest BCUT2D eigenvalue weighted by Gasteiger charge is 1.99. The Kier molecular flexibility index (Phi) is 3.69. The zero-order valence-electron chi connectivity index (χ0n) is 8.67. The van der Waals surface area contributed by atoms with Gasteiger partial charge in [0.2, 0.25) is 0 Å². The standard InChI is InChI=1S/C11H12BrN3O/c12-10-3-1-9(2-4-10)5-6-15-7-11(8-16)13-14-15/h1-4,7,16H,5-6,8H2. The van der Waals surface area contributed by atoms with Crippen molar-refractivity contribution >= 4 is 15.9 Å². The second kappa shape index (κ2) is 5.23. The molecule has 0 saturated heterocycles. The molecule has 1 aromatic carbocycles. The van der Waals surface area contributed by atoms with Crippen molar-refractivity contribution in [3.8, 4) is 0 Å². The van der Waals surface area contributed by atoms with Gasteiger partial charge in [-0.25, -0.2) is 0 Å². The minimum atomic E-state index is -0.0573. The van der Waals surface area contributed by atoms with Crippen molar-refractivity contribution in [3.63, 3.8) is 0 Å². The minimum Gasteiger partial charge on any atom is -0.390 e. The average Bonchev–Trinajstić information content (AvgIpc) is 2.76. The van der Waals surface area contributed by atoms with Crippen LogP contribution in [-0.4, -0.2) is 20.1 Å². The van der Waals surface area contributed by atoms with Gasteiger partial charge in [0.15, 0.2) is 0 Å². The summed E-state index contributed by atoms with van der Waals surface area (Å²) >= 11 is 3.40. The van der Waals surface area contributed by atoms with Gasteiger partial charge >= 0.3 is 0 Å². The molecule has 0 radical (unpaired) electrons. The van der Waals surface area contributed by atoms with Gasteiger partial charge in [0.1, 0.15) is 5.69 Å². The summed E-state index contributed by atoms with van der Waals surface area (Å²) in [5.41, 5.74) is 1.86. The smallest absolute Gasteiger partial charge is 0.108 e. The minimum absolute atomic E-state index is 0.0573. The lowest BCUT2D eigenvalue weighted by atomic mass is 10.1. The molecule has 1 N–H and O–H groups in total. The first kappa shape index (κ1) is 11.3. The zero-order valence-corrected chi connectivity index (χ0v) is 10.3. The van der Waals surface area contributed by atoms with Crippen LogP contribution in [0.1, 0.15) is 11.3 Å². The van der Waals surface area contributed by atoms with Crippen molar-refractivity contribution in [2.45, 2.75) is 19.6 Å². The van der Waals surface area contributed by atoms with E-state index in [1.165, 1.54) is 5.56 Å². The van der Waals surface area contributed by atoms with E-state index in [2.05, 4.69) is 38.4 Å². The lowest BCUT2D eigenvalue weighted by molar-refractivity contribution is 0.276. The van der Waals surface area contributed by atoms with Crippen molar-refractivity contribution < 1.29 is 5.11 Å². The van der Waals surface area contributed by atoms with Crippen LogP contribution in [0, 0.1) is 0 Å². The van der Waals surface area contributed by atoms with Crippen LogP contribution in [0.4, 0.5) is 0 Å². The van der Waals surface area contributed by atoms with Gasteiger partial charge in [-0.05, 0) is 24.1 Å². The highest BCUT2D eigenvalue weighted by Crippen LogP contribution is 2.11. The van der Waals surface area contributed by atoms with Crippen LogP contribution in [0.15, 0.2) is 34.9 Å². The van der Waals surface area contributed by atoms with Crippen LogP contribution >= 0.6 is 15.9 Å². The largest absolute Gasteiger partial charge is 0.390 e. The van der Waals surface area contributed by atoms with Gasteiger partial charge in [-0.2, -0.15) is 0 Å². The fraction of sp³-hybridized carbons (Fsp3) is 0.273. The van der Waals surface area contributed by atoms with Crippen molar-refractivity contribution in [1.29, 1.82) is 0 Å². The quantitative estimate of drug-likeness (QED) is 0.930. The van der Waals surface area contributed by atoms with Gasteiger partial charge in [0.05, 0.1) is 12.8 Å². The molecule has 0 aliphatic heterocycles. The Labute approximate surface area is 102 Å². The second-order valence-electron chi connectivity index (χ2n) is 3.51. The van der Waals surface area contributed by atoms with Crippen molar-refractivity contribution in [1.82, 2.24) is 15.0 Å². The van der Waals surface area contributed by atoms with Gasteiger partial charge < -0.3 is 5.11 Å². The summed E-state index contributed by atoms with van der Waals surface area (Å²) in [6.45, 7) is 0.715. The van der Waals surface area contributed by atoms with Gasteiger partial charge in [-0.1, -0.05) is 33.3 Å². The van der Waals surface area contributed by atoms with E-state index in [9.17, 15) is 0 Å². The van der Waals surface area contributed by atoms with E-state index in [1.54, 1.807) is 10.9 Å². The molecule has 84 valence electrons. The van der Waals surface area contributed by atoms with E-state index in [4.69, 9.17) is 5.11 Å². The lowest BCUT2D eigenvalue weighted by Crippen LogP contribution is -2.01. The number of aliphatic hydroxyl groups excluding tert-OH is 1. The van der Waals surface area contributed by atoms with E-state index in [1.807, 2.05) is 12.1 Å². The predicted octanol–water partition coefficient (Wildman–Crippen LogP) is 1.78. The van der Waals surface area contributed by atoms with Crippen molar-refractivity contribution in [2.75, 3.05) is 0 Å². The summed E-state index contributed by atoms with van der Waals surface area (Å²) in [7, 11) is 0. The number of aryl methyl sites for hydroxylation is 2. The molecule has 0 aliphatic rings. The number of hydrogen-bond donors (Lipinski definition) is 1. The maximum Gasteiger partial charge on any atom is 0.108 e. The molecule has 5 heteroatoms. The van der Waals surface area contributed by atoms with Gasteiger partial charge in [-0.3, -0.25) is 4.68 Å². The number of nitrogens with zero attached hydrogens (tertiary/aromatic N) is 3.